The van der Waals surface area contributed by atoms with Gasteiger partial charge < -0.3 is 11.1 Å². The van der Waals surface area contributed by atoms with E-state index in [1.807, 2.05) is 36.4 Å². The zero-order valence-electron chi connectivity index (χ0n) is 13.9. The van der Waals surface area contributed by atoms with Gasteiger partial charge in [-0.1, -0.05) is 36.8 Å². The second kappa shape index (κ2) is 8.42. The van der Waals surface area contributed by atoms with Gasteiger partial charge in [-0.15, -0.1) is 0 Å². The van der Waals surface area contributed by atoms with Gasteiger partial charge in [0, 0.05) is 31.9 Å². The molecule has 1 aliphatic heterocycles. The topological polar surface area (TPSA) is 58.4 Å². The Hall–Kier alpha value is -1.69. The molecule has 1 saturated heterocycles. The number of nitrogens with two attached hydrogens (primary N) is 1. The molecule has 0 amide bonds. The van der Waals surface area contributed by atoms with Gasteiger partial charge in [0.15, 0.2) is 0 Å². The van der Waals surface area contributed by atoms with E-state index in [-0.39, 0.29) is 0 Å². The Kier molecular flexibility index (Phi) is 6.01. The van der Waals surface area contributed by atoms with Crippen molar-refractivity contribution in [3.63, 3.8) is 0 Å². The van der Waals surface area contributed by atoms with Crippen LogP contribution in [0.25, 0.3) is 0 Å². The first-order chi connectivity index (χ1) is 11.7. The van der Waals surface area contributed by atoms with Gasteiger partial charge in [0.25, 0.3) is 0 Å². The van der Waals surface area contributed by atoms with Crippen molar-refractivity contribution < 1.29 is 4.21 Å². The highest BCUT2D eigenvalue weighted by molar-refractivity contribution is 7.82. The molecule has 24 heavy (non-hydrogen) atoms. The molecule has 0 bridgehead atoms. The molecule has 1 unspecified atom stereocenters. The summed E-state index contributed by atoms with van der Waals surface area (Å²) in [5, 5.41) is 3.40. The highest BCUT2D eigenvalue weighted by atomic mass is 32.2. The molecule has 1 atom stereocenters. The Morgan fingerprint density at radius 1 is 0.958 bits per heavy atom. The summed E-state index contributed by atoms with van der Waals surface area (Å²) in [4.78, 5) is 0.896. The Morgan fingerprint density at radius 2 is 1.67 bits per heavy atom. The Labute approximate surface area is 146 Å². The van der Waals surface area contributed by atoms with Crippen molar-refractivity contribution in [1.82, 2.24) is 9.62 Å². The first-order valence-electron chi connectivity index (χ1n) is 8.54. The van der Waals surface area contributed by atoms with E-state index in [1.165, 1.54) is 12.0 Å². The maximum absolute atomic E-state index is 12.6. The minimum Gasteiger partial charge on any atom is -0.398 e. The van der Waals surface area contributed by atoms with Crippen LogP contribution in [0.5, 0.6) is 0 Å². The van der Waals surface area contributed by atoms with Crippen LogP contribution in [0.1, 0.15) is 30.4 Å². The van der Waals surface area contributed by atoms with Crippen LogP contribution < -0.4 is 11.1 Å². The molecule has 0 spiro atoms. The average Bonchev–Trinajstić information content (AvgIpc) is 2.64. The van der Waals surface area contributed by atoms with Crippen LogP contribution in [0.3, 0.4) is 0 Å². The summed E-state index contributed by atoms with van der Waals surface area (Å²) in [7, 11) is -1.02. The van der Waals surface area contributed by atoms with Crippen LogP contribution in [0.2, 0.25) is 0 Å². The van der Waals surface area contributed by atoms with Crippen molar-refractivity contribution in [2.75, 3.05) is 18.8 Å². The summed E-state index contributed by atoms with van der Waals surface area (Å²) >= 11 is 0. The number of benzene rings is 2. The number of anilines is 1. The van der Waals surface area contributed by atoms with Crippen molar-refractivity contribution in [3.8, 4) is 0 Å². The van der Waals surface area contributed by atoms with Crippen LogP contribution in [0, 0.1) is 0 Å². The van der Waals surface area contributed by atoms with Crippen molar-refractivity contribution in [1.29, 1.82) is 0 Å². The first-order valence-corrected chi connectivity index (χ1v) is 9.64. The molecule has 2 aromatic rings. The summed E-state index contributed by atoms with van der Waals surface area (Å²) in [6, 6.07) is 16.0. The third-order valence-corrected chi connectivity index (χ3v) is 5.88. The lowest BCUT2D eigenvalue weighted by Crippen LogP contribution is -2.31. The zero-order chi connectivity index (χ0) is 16.8. The predicted octanol–water partition coefficient (Wildman–Crippen LogP) is 3.07. The lowest BCUT2D eigenvalue weighted by molar-refractivity contribution is 0.365. The molecule has 1 heterocycles. The molecule has 128 valence electrons. The Morgan fingerprint density at radius 3 is 2.38 bits per heavy atom. The first kappa shape index (κ1) is 17.1. The third kappa shape index (κ3) is 4.44. The molecule has 0 aromatic heterocycles. The molecule has 1 fully saturated rings. The van der Waals surface area contributed by atoms with E-state index >= 15 is 0 Å². The van der Waals surface area contributed by atoms with Gasteiger partial charge in [-0.3, -0.25) is 0 Å². The molecule has 1 aliphatic rings. The van der Waals surface area contributed by atoms with Gasteiger partial charge >= 0.3 is 0 Å². The van der Waals surface area contributed by atoms with Crippen molar-refractivity contribution in [3.05, 3.63) is 59.7 Å². The van der Waals surface area contributed by atoms with Gasteiger partial charge in [-0.2, -0.15) is 0 Å². The van der Waals surface area contributed by atoms with Crippen LogP contribution >= 0.6 is 0 Å². The van der Waals surface area contributed by atoms with E-state index < -0.39 is 11.0 Å². The number of nitrogen functional groups attached to an aromatic ring is 1. The van der Waals surface area contributed by atoms with E-state index in [0.29, 0.717) is 0 Å². The maximum atomic E-state index is 12.6. The van der Waals surface area contributed by atoms with Gasteiger partial charge in [0.1, 0.15) is 11.0 Å². The number of rotatable bonds is 6. The van der Waals surface area contributed by atoms with E-state index in [4.69, 9.17) is 5.73 Å². The largest absolute Gasteiger partial charge is 0.398 e. The monoisotopic (exact) mass is 343 g/mol. The Bertz CT molecular complexity index is 681. The number of hydrogen-bond donors (Lipinski definition) is 2. The number of nitrogens with one attached hydrogen (secondary N) is 1. The SMILES string of the molecule is Nc1ccccc1CNCc1ccc(S(=O)N2CCCCC2)cc1. The zero-order valence-corrected chi connectivity index (χ0v) is 14.7. The van der Waals surface area contributed by atoms with E-state index in [9.17, 15) is 4.21 Å². The lowest BCUT2D eigenvalue weighted by Gasteiger charge is -2.25. The van der Waals surface area contributed by atoms with Gasteiger partial charge in [0.2, 0.25) is 0 Å². The Balaban J connectivity index is 1.53. The number of piperidine rings is 1. The summed E-state index contributed by atoms with van der Waals surface area (Å²) in [5.74, 6) is 0. The summed E-state index contributed by atoms with van der Waals surface area (Å²) in [5.41, 5.74) is 9.06. The van der Waals surface area contributed by atoms with E-state index in [0.717, 1.165) is 55.2 Å². The fraction of sp³-hybridized carbons (Fsp3) is 0.368. The molecule has 0 aliphatic carbocycles. The van der Waals surface area contributed by atoms with E-state index in [1.54, 1.807) is 0 Å². The highest BCUT2D eigenvalue weighted by Crippen LogP contribution is 2.17. The van der Waals surface area contributed by atoms with Crippen molar-refractivity contribution in [2.45, 2.75) is 37.2 Å². The highest BCUT2D eigenvalue weighted by Gasteiger charge is 2.17. The summed E-state index contributed by atoms with van der Waals surface area (Å²) in [6.07, 6.45) is 3.55. The lowest BCUT2D eigenvalue weighted by atomic mass is 10.1. The minimum atomic E-state index is -1.02. The molecule has 2 aromatic carbocycles. The van der Waals surface area contributed by atoms with Crippen LogP contribution in [-0.2, 0) is 24.1 Å². The van der Waals surface area contributed by atoms with Crippen LogP contribution in [-0.4, -0.2) is 21.6 Å². The standard InChI is InChI=1S/C19H25N3OS/c20-19-7-3-2-6-17(19)15-21-14-16-8-10-18(11-9-16)24(23)22-12-4-1-5-13-22/h2-3,6-11,21H,1,4-5,12-15,20H2. The molecular formula is C19H25N3OS. The average molecular weight is 343 g/mol. The molecule has 0 saturated carbocycles. The minimum absolute atomic E-state index is 0.744. The van der Waals surface area contributed by atoms with Gasteiger partial charge in [-0.05, 0) is 42.2 Å². The van der Waals surface area contributed by atoms with Crippen LogP contribution in [0.15, 0.2) is 53.4 Å². The molecule has 5 heteroatoms. The van der Waals surface area contributed by atoms with Crippen LogP contribution in [0.4, 0.5) is 5.69 Å². The molecule has 4 nitrogen and oxygen atoms in total. The number of hydrogen-bond acceptors (Lipinski definition) is 3. The smallest absolute Gasteiger partial charge is 0.127 e. The predicted molar refractivity (Wildman–Crippen MR) is 99.7 cm³/mol. The molecule has 0 radical (unpaired) electrons. The van der Waals surface area contributed by atoms with Crippen molar-refractivity contribution >= 4 is 16.7 Å². The molecule has 3 N–H and O–H groups in total. The summed E-state index contributed by atoms with van der Waals surface area (Å²) in [6.45, 7) is 3.39. The summed E-state index contributed by atoms with van der Waals surface area (Å²) < 4.78 is 14.6. The molecule has 3 rings (SSSR count). The fourth-order valence-corrected chi connectivity index (χ4v) is 4.20. The third-order valence-electron chi connectivity index (χ3n) is 4.37. The van der Waals surface area contributed by atoms with E-state index in [2.05, 4.69) is 21.8 Å². The van der Waals surface area contributed by atoms with Crippen molar-refractivity contribution in [2.24, 2.45) is 0 Å². The quantitative estimate of drug-likeness (QED) is 0.793. The fourth-order valence-electron chi connectivity index (χ4n) is 2.94. The van der Waals surface area contributed by atoms with Gasteiger partial charge in [-0.25, -0.2) is 8.51 Å². The van der Waals surface area contributed by atoms with Gasteiger partial charge in [0.05, 0.1) is 4.90 Å². The maximum Gasteiger partial charge on any atom is 0.127 e. The second-order valence-electron chi connectivity index (χ2n) is 6.19. The second-order valence-corrected chi connectivity index (χ2v) is 7.67. The molecular weight excluding hydrogens is 318 g/mol. The normalized spacial score (nSPS) is 16.8. The number of nitrogens with zero attached hydrogens (tertiary/aromatic N) is 1. The number of para-hydroxylation sites is 1.